The second-order valence-corrected chi connectivity index (χ2v) is 4.46. The summed E-state index contributed by atoms with van der Waals surface area (Å²) in [5.74, 6) is 0.0867. The standard InChI is InChI=1S/C9H16N2O2/c1-13-3-2-7(12)11-9-4-8(10,5-9)6-9/h2-6,10H2,1H3,(H,11,12). The Kier molecular flexibility index (Phi) is 1.85. The number of ether oxygens (including phenoxy) is 1. The maximum Gasteiger partial charge on any atom is 0.222 e. The van der Waals surface area contributed by atoms with Crippen LogP contribution in [0.4, 0.5) is 0 Å². The molecule has 0 saturated heterocycles. The van der Waals surface area contributed by atoms with Gasteiger partial charge in [-0.2, -0.15) is 0 Å². The van der Waals surface area contributed by atoms with Gasteiger partial charge in [0, 0.05) is 24.6 Å². The van der Waals surface area contributed by atoms with Gasteiger partial charge in [-0.15, -0.1) is 0 Å². The minimum absolute atomic E-state index is 0.0640. The zero-order chi connectivity index (χ0) is 9.53. The third kappa shape index (κ3) is 1.44. The molecule has 3 aliphatic rings. The zero-order valence-electron chi connectivity index (χ0n) is 7.93. The second kappa shape index (κ2) is 2.69. The normalized spacial score (nSPS) is 40.5. The van der Waals surface area contributed by atoms with Crippen molar-refractivity contribution in [2.75, 3.05) is 13.7 Å². The SMILES string of the molecule is COCCC(=O)NC12CC(N)(C1)C2. The van der Waals surface area contributed by atoms with Crippen LogP contribution in [0.1, 0.15) is 25.7 Å². The van der Waals surface area contributed by atoms with Crippen LogP contribution in [0.25, 0.3) is 0 Å². The lowest BCUT2D eigenvalue weighted by atomic mass is 9.44. The van der Waals surface area contributed by atoms with E-state index in [1.807, 2.05) is 0 Å². The molecule has 0 aliphatic heterocycles. The minimum atomic E-state index is 0.0640. The Morgan fingerprint density at radius 2 is 2.15 bits per heavy atom. The second-order valence-electron chi connectivity index (χ2n) is 4.46. The summed E-state index contributed by atoms with van der Waals surface area (Å²) in [5.41, 5.74) is 6.01. The van der Waals surface area contributed by atoms with Crippen molar-refractivity contribution < 1.29 is 9.53 Å². The molecule has 3 aliphatic carbocycles. The molecule has 0 aromatic heterocycles. The van der Waals surface area contributed by atoms with Gasteiger partial charge < -0.3 is 15.8 Å². The average Bonchev–Trinajstić information content (AvgIpc) is 1.96. The molecule has 13 heavy (non-hydrogen) atoms. The van der Waals surface area contributed by atoms with Crippen molar-refractivity contribution in [2.45, 2.75) is 36.8 Å². The van der Waals surface area contributed by atoms with Crippen LogP contribution in [-0.4, -0.2) is 30.7 Å². The Morgan fingerprint density at radius 1 is 1.54 bits per heavy atom. The summed E-state index contributed by atoms with van der Waals surface area (Å²) in [6.45, 7) is 0.496. The van der Waals surface area contributed by atoms with Gasteiger partial charge in [0.05, 0.1) is 6.61 Å². The molecule has 3 N–H and O–H groups in total. The van der Waals surface area contributed by atoms with Crippen LogP contribution in [0.3, 0.4) is 0 Å². The van der Waals surface area contributed by atoms with Crippen LogP contribution >= 0.6 is 0 Å². The number of hydrogen-bond acceptors (Lipinski definition) is 3. The number of carbonyl (C=O) groups is 1. The zero-order valence-corrected chi connectivity index (χ0v) is 7.93. The third-order valence-electron chi connectivity index (χ3n) is 3.01. The molecule has 3 rings (SSSR count). The summed E-state index contributed by atoms with van der Waals surface area (Å²) in [6, 6.07) is 0. The maximum atomic E-state index is 11.3. The molecule has 0 unspecified atom stereocenters. The Labute approximate surface area is 77.8 Å². The van der Waals surface area contributed by atoms with E-state index in [0.29, 0.717) is 13.0 Å². The van der Waals surface area contributed by atoms with Gasteiger partial charge in [0.15, 0.2) is 0 Å². The molecule has 2 bridgehead atoms. The van der Waals surface area contributed by atoms with Gasteiger partial charge in [0.1, 0.15) is 0 Å². The number of hydrogen-bond donors (Lipinski definition) is 2. The molecule has 3 saturated carbocycles. The van der Waals surface area contributed by atoms with E-state index in [-0.39, 0.29) is 17.0 Å². The van der Waals surface area contributed by atoms with E-state index >= 15 is 0 Å². The highest BCUT2D eigenvalue weighted by Gasteiger charge is 2.66. The van der Waals surface area contributed by atoms with Crippen molar-refractivity contribution in [2.24, 2.45) is 5.73 Å². The molecule has 0 spiro atoms. The van der Waals surface area contributed by atoms with Gasteiger partial charge in [-0.25, -0.2) is 0 Å². The minimum Gasteiger partial charge on any atom is -0.384 e. The molecule has 4 nitrogen and oxygen atoms in total. The van der Waals surface area contributed by atoms with Crippen molar-refractivity contribution in [3.05, 3.63) is 0 Å². The maximum absolute atomic E-state index is 11.3. The molecule has 0 aromatic rings. The predicted molar refractivity (Wildman–Crippen MR) is 48.1 cm³/mol. The highest BCUT2D eigenvalue weighted by atomic mass is 16.5. The predicted octanol–water partition coefficient (Wildman–Crippen LogP) is -0.227. The Hall–Kier alpha value is -0.610. The summed E-state index contributed by atoms with van der Waals surface area (Å²) in [7, 11) is 1.60. The first-order valence-corrected chi connectivity index (χ1v) is 4.66. The molecule has 0 heterocycles. The van der Waals surface area contributed by atoms with E-state index in [2.05, 4.69) is 5.32 Å². The lowest BCUT2D eigenvalue weighted by Gasteiger charge is -2.68. The largest absolute Gasteiger partial charge is 0.384 e. The molecular weight excluding hydrogens is 168 g/mol. The summed E-state index contributed by atoms with van der Waals surface area (Å²) < 4.78 is 4.83. The van der Waals surface area contributed by atoms with Gasteiger partial charge in [-0.05, 0) is 19.3 Å². The summed E-state index contributed by atoms with van der Waals surface area (Å²) in [6.07, 6.45) is 3.33. The molecule has 0 radical (unpaired) electrons. The van der Waals surface area contributed by atoms with Crippen molar-refractivity contribution in [3.8, 4) is 0 Å². The van der Waals surface area contributed by atoms with E-state index in [1.165, 1.54) is 0 Å². The molecule has 74 valence electrons. The van der Waals surface area contributed by atoms with Crippen LogP contribution < -0.4 is 11.1 Å². The van der Waals surface area contributed by atoms with Crippen molar-refractivity contribution in [1.29, 1.82) is 0 Å². The van der Waals surface area contributed by atoms with Crippen LogP contribution in [0.15, 0.2) is 0 Å². The number of amides is 1. The van der Waals surface area contributed by atoms with Gasteiger partial charge >= 0.3 is 0 Å². The molecule has 0 aromatic carbocycles. The fourth-order valence-electron chi connectivity index (χ4n) is 2.55. The molecule has 1 amide bonds. The van der Waals surface area contributed by atoms with E-state index in [9.17, 15) is 4.79 Å². The van der Waals surface area contributed by atoms with Gasteiger partial charge in [0.25, 0.3) is 0 Å². The number of rotatable bonds is 4. The number of carbonyl (C=O) groups excluding carboxylic acids is 1. The Morgan fingerprint density at radius 3 is 2.62 bits per heavy atom. The Bertz CT molecular complexity index is 220. The van der Waals surface area contributed by atoms with Gasteiger partial charge in [0.2, 0.25) is 5.91 Å². The summed E-state index contributed by atoms with van der Waals surface area (Å²) in [5, 5.41) is 3.02. The highest BCUT2D eigenvalue weighted by molar-refractivity contribution is 5.77. The van der Waals surface area contributed by atoms with Crippen molar-refractivity contribution >= 4 is 5.91 Å². The highest BCUT2D eigenvalue weighted by Crippen LogP contribution is 2.58. The number of nitrogens with two attached hydrogens (primary N) is 1. The van der Waals surface area contributed by atoms with Crippen LogP contribution in [0, 0.1) is 0 Å². The van der Waals surface area contributed by atoms with Gasteiger partial charge in [-0.3, -0.25) is 4.79 Å². The molecule has 4 heteroatoms. The van der Waals surface area contributed by atoms with Crippen LogP contribution in [0.2, 0.25) is 0 Å². The lowest BCUT2D eigenvalue weighted by molar-refractivity contribution is -0.136. The smallest absolute Gasteiger partial charge is 0.222 e. The van der Waals surface area contributed by atoms with E-state index in [0.717, 1.165) is 19.3 Å². The molecule has 3 fully saturated rings. The number of methoxy groups -OCH3 is 1. The van der Waals surface area contributed by atoms with E-state index in [1.54, 1.807) is 7.11 Å². The number of nitrogens with one attached hydrogen (secondary N) is 1. The monoisotopic (exact) mass is 184 g/mol. The van der Waals surface area contributed by atoms with Crippen LogP contribution in [-0.2, 0) is 9.53 Å². The fraction of sp³-hybridized carbons (Fsp3) is 0.889. The lowest BCUT2D eigenvalue weighted by Crippen LogP contribution is -2.82. The van der Waals surface area contributed by atoms with Crippen molar-refractivity contribution in [3.63, 3.8) is 0 Å². The van der Waals surface area contributed by atoms with Crippen molar-refractivity contribution in [1.82, 2.24) is 5.32 Å². The Balaban J connectivity index is 1.71. The average molecular weight is 184 g/mol. The summed E-state index contributed by atoms with van der Waals surface area (Å²) >= 11 is 0. The third-order valence-corrected chi connectivity index (χ3v) is 3.01. The van der Waals surface area contributed by atoms with Crippen LogP contribution in [0.5, 0.6) is 0 Å². The first-order chi connectivity index (χ1) is 6.08. The quantitative estimate of drug-likeness (QED) is 0.634. The topological polar surface area (TPSA) is 64.3 Å². The first kappa shape index (κ1) is 8.97. The van der Waals surface area contributed by atoms with E-state index in [4.69, 9.17) is 10.5 Å². The molecular formula is C9H16N2O2. The van der Waals surface area contributed by atoms with E-state index < -0.39 is 0 Å². The fourth-order valence-corrected chi connectivity index (χ4v) is 2.55. The summed E-state index contributed by atoms with van der Waals surface area (Å²) in [4.78, 5) is 11.3. The molecule has 0 atom stereocenters. The van der Waals surface area contributed by atoms with Gasteiger partial charge in [-0.1, -0.05) is 0 Å². The first-order valence-electron chi connectivity index (χ1n) is 4.66.